The Morgan fingerprint density at radius 3 is 0.722 bits per heavy atom. The van der Waals surface area contributed by atoms with E-state index in [1.807, 2.05) is 11.8 Å². The minimum absolute atomic E-state index is 0.773. The first kappa shape index (κ1) is 51.7. The van der Waals surface area contributed by atoms with Crippen LogP contribution < -0.4 is 5.73 Å². The molecular weight excluding hydrogens is 671 g/mol. The first-order valence-corrected chi connectivity index (χ1v) is 22.8. The highest BCUT2D eigenvalue weighted by Gasteiger charge is 1.98. The van der Waals surface area contributed by atoms with Gasteiger partial charge in [-0.15, -0.1) is 0 Å². The van der Waals surface area contributed by atoms with Crippen molar-refractivity contribution < 1.29 is 0 Å². The summed E-state index contributed by atoms with van der Waals surface area (Å²) in [5.41, 5.74) is 20.7. The van der Waals surface area contributed by atoms with E-state index in [0.29, 0.717) is 0 Å². The van der Waals surface area contributed by atoms with Gasteiger partial charge < -0.3 is 5.73 Å². The second-order valence-electron chi connectivity index (χ2n) is 16.4. The second kappa shape index (κ2) is 35.1. The van der Waals surface area contributed by atoms with Gasteiger partial charge >= 0.3 is 0 Å². The maximum absolute atomic E-state index is 5.57. The fourth-order valence-electron chi connectivity index (χ4n) is 6.24. The summed E-state index contributed by atoms with van der Waals surface area (Å²) in [7, 11) is 0. The first-order valence-electron chi connectivity index (χ1n) is 21.6. The Morgan fingerprint density at radius 1 is 0.315 bits per heavy atom. The smallest absolute Gasteiger partial charge is 0.0116 e. The van der Waals surface area contributed by atoms with Crippen molar-refractivity contribution in [3.8, 4) is 0 Å². The van der Waals surface area contributed by atoms with Gasteiger partial charge in [0.05, 0.1) is 0 Å². The number of rotatable bonds is 31. The molecule has 0 aromatic carbocycles. The fourth-order valence-corrected chi connectivity index (χ4v) is 6.98. The lowest BCUT2D eigenvalue weighted by molar-refractivity contribution is 0.879. The van der Waals surface area contributed by atoms with Crippen LogP contribution in [0.2, 0.25) is 0 Å². The number of hydrogen-bond donors (Lipinski definition) is 1. The molecule has 0 rings (SSSR count). The van der Waals surface area contributed by atoms with Crippen LogP contribution in [0.15, 0.2) is 116 Å². The zero-order chi connectivity index (χ0) is 40.4. The van der Waals surface area contributed by atoms with Gasteiger partial charge in [-0.25, -0.2) is 0 Å². The van der Waals surface area contributed by atoms with Gasteiger partial charge in [-0.3, -0.25) is 0 Å². The molecule has 0 aromatic heterocycles. The summed E-state index contributed by atoms with van der Waals surface area (Å²) in [5.74, 6) is 2.14. The fraction of sp³-hybridized carbons (Fsp3) is 0.615. The average Bonchev–Trinajstić information content (AvgIpc) is 3.10. The molecule has 306 valence electrons. The van der Waals surface area contributed by atoms with Gasteiger partial charge in [-0.1, -0.05) is 116 Å². The van der Waals surface area contributed by atoms with E-state index >= 15 is 0 Å². The highest BCUT2D eigenvalue weighted by molar-refractivity contribution is 7.99. The summed E-state index contributed by atoms with van der Waals surface area (Å²) >= 11 is 1.92. The zero-order valence-electron chi connectivity index (χ0n) is 37.6. The van der Waals surface area contributed by atoms with Crippen molar-refractivity contribution >= 4 is 11.8 Å². The Kier molecular flexibility index (Phi) is 33.7. The summed E-state index contributed by atoms with van der Waals surface area (Å²) in [6, 6.07) is 0. The van der Waals surface area contributed by atoms with E-state index in [0.717, 1.165) is 63.0 Å². The van der Waals surface area contributed by atoms with E-state index in [1.165, 1.54) is 126 Å². The van der Waals surface area contributed by atoms with E-state index in [-0.39, 0.29) is 0 Å². The molecule has 0 aliphatic rings. The average molecular weight is 758 g/mol. The summed E-state index contributed by atoms with van der Waals surface area (Å²) < 4.78 is 0. The van der Waals surface area contributed by atoms with Crippen LogP contribution in [0.4, 0.5) is 0 Å². The standard InChI is InChI=1S/C52H87NS/c1-43(2)21-12-22-44(3)23-13-24-45(4)25-14-26-46(5)27-15-28-47(6)29-16-30-48(7)31-17-32-49(8)33-18-34-50(9)35-19-36-51(10)37-20-38-52(11)39-41-54-42-40-53/h21,23,25,27,29,31,33,35,37,39H,12-20,22,24,26,28,30,32,34,36,38,40-42,53H2,1-11H3. The van der Waals surface area contributed by atoms with E-state index in [2.05, 4.69) is 137 Å². The highest BCUT2D eigenvalue weighted by atomic mass is 32.2. The number of thioether (sulfide) groups is 1. The minimum atomic E-state index is 0.773. The molecule has 0 heterocycles. The van der Waals surface area contributed by atoms with Crippen molar-refractivity contribution in [3.63, 3.8) is 0 Å². The predicted molar refractivity (Wildman–Crippen MR) is 253 cm³/mol. The Hall–Kier alpha value is -2.29. The summed E-state index contributed by atoms with van der Waals surface area (Å²) in [4.78, 5) is 0. The van der Waals surface area contributed by atoms with Gasteiger partial charge in [-0.05, 0) is 192 Å². The van der Waals surface area contributed by atoms with Gasteiger partial charge in [0.2, 0.25) is 0 Å². The maximum Gasteiger partial charge on any atom is 0.0116 e. The molecule has 2 heteroatoms. The summed E-state index contributed by atoms with van der Waals surface area (Å²) in [6.45, 7) is 25.8. The predicted octanol–water partition coefficient (Wildman–Crippen LogP) is 17.2. The van der Waals surface area contributed by atoms with E-state index in [9.17, 15) is 0 Å². The maximum atomic E-state index is 5.57. The van der Waals surface area contributed by atoms with Gasteiger partial charge in [0.15, 0.2) is 0 Å². The van der Waals surface area contributed by atoms with Crippen molar-refractivity contribution in [2.75, 3.05) is 18.1 Å². The molecule has 0 saturated heterocycles. The van der Waals surface area contributed by atoms with Gasteiger partial charge in [0.25, 0.3) is 0 Å². The molecule has 0 spiro atoms. The molecule has 0 fully saturated rings. The number of hydrogen-bond acceptors (Lipinski definition) is 2. The van der Waals surface area contributed by atoms with E-state index < -0.39 is 0 Å². The Labute approximate surface area is 342 Å². The third kappa shape index (κ3) is 35.4. The third-order valence-corrected chi connectivity index (χ3v) is 11.1. The molecule has 54 heavy (non-hydrogen) atoms. The molecule has 0 bridgehead atoms. The molecule has 0 aliphatic carbocycles. The Morgan fingerprint density at radius 2 is 0.519 bits per heavy atom. The minimum Gasteiger partial charge on any atom is -0.330 e. The molecule has 0 radical (unpaired) electrons. The van der Waals surface area contributed by atoms with E-state index in [4.69, 9.17) is 5.73 Å². The summed E-state index contributed by atoms with van der Waals surface area (Å²) in [6.07, 6.45) is 45.4. The van der Waals surface area contributed by atoms with Crippen molar-refractivity contribution in [1.29, 1.82) is 0 Å². The molecule has 2 N–H and O–H groups in total. The van der Waals surface area contributed by atoms with Gasteiger partial charge in [0, 0.05) is 18.1 Å². The molecule has 0 atom stereocenters. The largest absolute Gasteiger partial charge is 0.330 e. The zero-order valence-corrected chi connectivity index (χ0v) is 38.4. The van der Waals surface area contributed by atoms with Crippen LogP contribution in [0.25, 0.3) is 0 Å². The van der Waals surface area contributed by atoms with Crippen molar-refractivity contribution in [2.24, 2.45) is 5.73 Å². The molecule has 0 aliphatic heterocycles. The van der Waals surface area contributed by atoms with Crippen LogP contribution in [-0.4, -0.2) is 18.1 Å². The summed E-state index contributed by atoms with van der Waals surface area (Å²) in [5, 5.41) is 0. The molecule has 0 amide bonds. The van der Waals surface area contributed by atoms with Crippen LogP contribution in [0.1, 0.15) is 192 Å². The van der Waals surface area contributed by atoms with Crippen LogP contribution >= 0.6 is 11.8 Å². The van der Waals surface area contributed by atoms with Crippen LogP contribution in [0.3, 0.4) is 0 Å². The quantitative estimate of drug-likeness (QED) is 0.0563. The van der Waals surface area contributed by atoms with Crippen LogP contribution in [-0.2, 0) is 0 Å². The molecule has 0 aromatic rings. The molecule has 0 unspecified atom stereocenters. The van der Waals surface area contributed by atoms with Crippen LogP contribution in [0, 0.1) is 0 Å². The van der Waals surface area contributed by atoms with Crippen molar-refractivity contribution in [2.45, 2.75) is 192 Å². The molecule has 1 nitrogen and oxygen atoms in total. The lowest BCUT2D eigenvalue weighted by Gasteiger charge is -2.04. The first-order chi connectivity index (χ1) is 25.8. The van der Waals surface area contributed by atoms with Crippen molar-refractivity contribution in [1.82, 2.24) is 0 Å². The lowest BCUT2D eigenvalue weighted by atomic mass is 10.0. The van der Waals surface area contributed by atoms with E-state index in [1.54, 1.807) is 0 Å². The topological polar surface area (TPSA) is 26.0 Å². The van der Waals surface area contributed by atoms with Crippen molar-refractivity contribution in [3.05, 3.63) is 116 Å². The molecule has 0 saturated carbocycles. The number of nitrogens with two attached hydrogens (primary N) is 1. The Bertz CT molecular complexity index is 1310. The lowest BCUT2D eigenvalue weighted by Crippen LogP contribution is -2.01. The Balaban J connectivity index is 4.23. The van der Waals surface area contributed by atoms with Gasteiger partial charge in [0.1, 0.15) is 0 Å². The monoisotopic (exact) mass is 758 g/mol. The SMILES string of the molecule is CC(C)=CCCC(C)=CCCC(C)=CCCC(C)=CCCC(C)=CCCC(C)=CCCC(C)=CCCC(C)=CCCC(C)=CCCC(C)=CCSCCN. The van der Waals surface area contributed by atoms with Gasteiger partial charge in [-0.2, -0.15) is 11.8 Å². The molecular formula is C52H87NS. The number of allylic oxidation sites excluding steroid dienone is 19. The second-order valence-corrected chi connectivity index (χ2v) is 17.6. The third-order valence-electron chi connectivity index (χ3n) is 10.2. The highest BCUT2D eigenvalue weighted by Crippen LogP contribution is 2.18. The normalized spacial score (nSPS) is 14.7. The van der Waals surface area contributed by atoms with Crippen LogP contribution in [0.5, 0.6) is 0 Å².